The first-order chi connectivity index (χ1) is 5.75. The van der Waals surface area contributed by atoms with Gasteiger partial charge in [0.25, 0.3) is 5.91 Å². The standard InChI is InChI=1S/C9H16N2O/c1-3-4-6-10-8-5-7-11(2)9(8)12/h3-7H2,1-2H3. The predicted octanol–water partition coefficient (Wildman–Crippen LogP) is 1.09. The van der Waals surface area contributed by atoms with E-state index in [4.69, 9.17) is 0 Å². The highest BCUT2D eigenvalue weighted by molar-refractivity contribution is 6.40. The largest absolute Gasteiger partial charge is 0.340 e. The maximum Gasteiger partial charge on any atom is 0.267 e. The lowest BCUT2D eigenvalue weighted by Crippen LogP contribution is -2.22. The molecule has 0 saturated carbocycles. The number of hydrogen-bond donors (Lipinski definition) is 0. The first-order valence-electron chi connectivity index (χ1n) is 4.54. The van der Waals surface area contributed by atoms with E-state index in [1.165, 1.54) is 0 Å². The second-order valence-electron chi connectivity index (χ2n) is 3.16. The van der Waals surface area contributed by atoms with Crippen molar-refractivity contribution in [2.45, 2.75) is 26.2 Å². The Morgan fingerprint density at radius 2 is 2.33 bits per heavy atom. The van der Waals surface area contributed by atoms with Crippen LogP contribution in [0.3, 0.4) is 0 Å². The van der Waals surface area contributed by atoms with Crippen molar-refractivity contribution in [2.75, 3.05) is 20.1 Å². The van der Waals surface area contributed by atoms with Gasteiger partial charge in [0, 0.05) is 26.6 Å². The number of carbonyl (C=O) groups excluding carboxylic acids is 1. The molecule has 0 atom stereocenters. The van der Waals surface area contributed by atoms with E-state index in [-0.39, 0.29) is 5.91 Å². The summed E-state index contributed by atoms with van der Waals surface area (Å²) in [4.78, 5) is 17.3. The Labute approximate surface area is 73.5 Å². The van der Waals surface area contributed by atoms with Crippen molar-refractivity contribution in [1.29, 1.82) is 0 Å². The fourth-order valence-corrected chi connectivity index (χ4v) is 1.22. The SMILES string of the molecule is CCCCN=C1CCN(C)C1=O. The molecule has 1 aliphatic rings. The van der Waals surface area contributed by atoms with Crippen LogP contribution in [-0.4, -0.2) is 36.7 Å². The van der Waals surface area contributed by atoms with Crippen LogP contribution in [0.25, 0.3) is 0 Å². The van der Waals surface area contributed by atoms with Gasteiger partial charge in [-0.05, 0) is 6.42 Å². The Morgan fingerprint density at radius 3 is 2.83 bits per heavy atom. The number of rotatable bonds is 3. The molecule has 1 fully saturated rings. The second kappa shape index (κ2) is 4.24. The molecule has 1 saturated heterocycles. The van der Waals surface area contributed by atoms with Crippen molar-refractivity contribution in [3.05, 3.63) is 0 Å². The minimum atomic E-state index is 0.117. The van der Waals surface area contributed by atoms with Gasteiger partial charge in [-0.2, -0.15) is 0 Å². The fraction of sp³-hybridized carbons (Fsp3) is 0.778. The molecule has 3 nitrogen and oxygen atoms in total. The highest BCUT2D eigenvalue weighted by Gasteiger charge is 2.23. The van der Waals surface area contributed by atoms with E-state index >= 15 is 0 Å². The summed E-state index contributed by atoms with van der Waals surface area (Å²) < 4.78 is 0. The van der Waals surface area contributed by atoms with Crippen molar-refractivity contribution < 1.29 is 4.79 Å². The summed E-state index contributed by atoms with van der Waals surface area (Å²) >= 11 is 0. The first kappa shape index (κ1) is 9.23. The van der Waals surface area contributed by atoms with Gasteiger partial charge in [0.1, 0.15) is 5.71 Å². The van der Waals surface area contributed by atoms with Crippen molar-refractivity contribution in [2.24, 2.45) is 4.99 Å². The topological polar surface area (TPSA) is 32.7 Å². The first-order valence-corrected chi connectivity index (χ1v) is 4.54. The van der Waals surface area contributed by atoms with Crippen LogP contribution < -0.4 is 0 Å². The number of hydrogen-bond acceptors (Lipinski definition) is 2. The molecule has 0 aromatic rings. The summed E-state index contributed by atoms with van der Waals surface area (Å²) in [5, 5.41) is 0. The number of likely N-dealkylation sites (tertiary alicyclic amines) is 1. The molecule has 1 heterocycles. The van der Waals surface area contributed by atoms with Crippen LogP contribution in [0.4, 0.5) is 0 Å². The Hall–Kier alpha value is -0.860. The van der Waals surface area contributed by atoms with E-state index in [9.17, 15) is 4.79 Å². The molecule has 1 rings (SSSR count). The molecule has 0 unspecified atom stereocenters. The van der Waals surface area contributed by atoms with Gasteiger partial charge in [-0.3, -0.25) is 9.79 Å². The van der Waals surface area contributed by atoms with Crippen LogP contribution in [0.1, 0.15) is 26.2 Å². The number of nitrogens with zero attached hydrogens (tertiary/aromatic N) is 2. The van der Waals surface area contributed by atoms with Gasteiger partial charge in [-0.15, -0.1) is 0 Å². The van der Waals surface area contributed by atoms with Crippen LogP contribution in [0.2, 0.25) is 0 Å². The van der Waals surface area contributed by atoms with Crippen LogP contribution in [0, 0.1) is 0 Å². The van der Waals surface area contributed by atoms with Crippen molar-refractivity contribution in [3.63, 3.8) is 0 Å². The maximum atomic E-state index is 11.3. The highest BCUT2D eigenvalue weighted by Crippen LogP contribution is 2.05. The Balaban J connectivity index is 2.42. The van der Waals surface area contributed by atoms with Gasteiger partial charge in [0.2, 0.25) is 0 Å². The summed E-state index contributed by atoms with van der Waals surface area (Å²) in [5.74, 6) is 0.117. The lowest BCUT2D eigenvalue weighted by atomic mass is 10.3. The van der Waals surface area contributed by atoms with Crippen molar-refractivity contribution in [1.82, 2.24) is 4.90 Å². The van der Waals surface area contributed by atoms with Crippen LogP contribution in [0.5, 0.6) is 0 Å². The third-order valence-electron chi connectivity index (χ3n) is 2.09. The molecule has 12 heavy (non-hydrogen) atoms. The summed E-state index contributed by atoms with van der Waals surface area (Å²) in [7, 11) is 1.82. The molecule has 0 radical (unpaired) electrons. The zero-order valence-corrected chi connectivity index (χ0v) is 7.84. The molecular formula is C9H16N2O. The molecule has 68 valence electrons. The van der Waals surface area contributed by atoms with Gasteiger partial charge in [0.15, 0.2) is 0 Å². The average molecular weight is 168 g/mol. The minimum Gasteiger partial charge on any atom is -0.340 e. The van der Waals surface area contributed by atoms with Gasteiger partial charge >= 0.3 is 0 Å². The summed E-state index contributed by atoms with van der Waals surface area (Å²) in [6.45, 7) is 3.78. The molecule has 0 aliphatic carbocycles. The van der Waals surface area contributed by atoms with Crippen LogP contribution in [-0.2, 0) is 4.79 Å². The molecule has 1 amide bonds. The molecule has 0 spiro atoms. The summed E-state index contributed by atoms with van der Waals surface area (Å²) in [6.07, 6.45) is 3.06. The van der Waals surface area contributed by atoms with E-state index in [1.807, 2.05) is 7.05 Å². The quantitative estimate of drug-likeness (QED) is 0.580. The molecule has 0 bridgehead atoms. The molecular weight excluding hydrogens is 152 g/mol. The normalized spacial score (nSPS) is 21.0. The second-order valence-corrected chi connectivity index (χ2v) is 3.16. The highest BCUT2D eigenvalue weighted by atomic mass is 16.2. The zero-order chi connectivity index (χ0) is 8.97. The molecule has 3 heteroatoms. The minimum absolute atomic E-state index is 0.117. The van der Waals surface area contributed by atoms with Crippen LogP contribution >= 0.6 is 0 Å². The monoisotopic (exact) mass is 168 g/mol. The molecule has 0 N–H and O–H groups in total. The third kappa shape index (κ3) is 2.06. The van der Waals surface area contributed by atoms with Crippen molar-refractivity contribution >= 4 is 11.6 Å². The Kier molecular flexibility index (Phi) is 3.26. The summed E-state index contributed by atoms with van der Waals surface area (Å²) in [5.41, 5.74) is 0.769. The lowest BCUT2D eigenvalue weighted by molar-refractivity contribution is -0.121. The van der Waals surface area contributed by atoms with E-state index in [0.29, 0.717) is 0 Å². The number of aliphatic imine (C=N–C) groups is 1. The van der Waals surface area contributed by atoms with Gasteiger partial charge < -0.3 is 4.90 Å². The molecule has 1 aliphatic heterocycles. The third-order valence-corrected chi connectivity index (χ3v) is 2.09. The summed E-state index contributed by atoms with van der Waals surface area (Å²) in [6, 6.07) is 0. The number of carbonyl (C=O) groups is 1. The van der Waals surface area contributed by atoms with Gasteiger partial charge in [-0.25, -0.2) is 0 Å². The average Bonchev–Trinajstić information content (AvgIpc) is 2.36. The number of unbranched alkanes of at least 4 members (excludes halogenated alkanes) is 1. The lowest BCUT2D eigenvalue weighted by Gasteiger charge is -2.03. The zero-order valence-electron chi connectivity index (χ0n) is 7.84. The van der Waals surface area contributed by atoms with E-state index in [2.05, 4.69) is 11.9 Å². The van der Waals surface area contributed by atoms with E-state index in [0.717, 1.165) is 38.1 Å². The Bertz CT molecular complexity index is 199. The number of amides is 1. The van der Waals surface area contributed by atoms with E-state index in [1.54, 1.807) is 4.90 Å². The maximum absolute atomic E-state index is 11.3. The Morgan fingerprint density at radius 1 is 1.58 bits per heavy atom. The van der Waals surface area contributed by atoms with Crippen LogP contribution in [0.15, 0.2) is 4.99 Å². The molecule has 0 aromatic carbocycles. The molecule has 0 aromatic heterocycles. The predicted molar refractivity (Wildman–Crippen MR) is 49.5 cm³/mol. The van der Waals surface area contributed by atoms with Gasteiger partial charge in [0.05, 0.1) is 0 Å². The fourth-order valence-electron chi connectivity index (χ4n) is 1.22. The van der Waals surface area contributed by atoms with E-state index < -0.39 is 0 Å². The van der Waals surface area contributed by atoms with Crippen molar-refractivity contribution in [3.8, 4) is 0 Å². The van der Waals surface area contributed by atoms with Gasteiger partial charge in [-0.1, -0.05) is 13.3 Å². The smallest absolute Gasteiger partial charge is 0.267 e.